The molecule has 1 saturated heterocycles. The van der Waals surface area contributed by atoms with Crippen molar-refractivity contribution in [2.24, 2.45) is 5.16 Å². The molecule has 0 saturated carbocycles. The van der Waals surface area contributed by atoms with Crippen molar-refractivity contribution >= 4 is 57.7 Å². The van der Waals surface area contributed by atoms with Crippen LogP contribution in [-0.2, 0) is 28.7 Å². The normalized spacial score (nSPS) is 21.4. The fourth-order valence-electron chi connectivity index (χ4n) is 3.24. The maximum absolute atomic E-state index is 12.9. The minimum absolute atomic E-state index is 0.00896. The van der Waals surface area contributed by atoms with Crippen LogP contribution in [0.25, 0.3) is 0 Å². The van der Waals surface area contributed by atoms with Gasteiger partial charge >= 0.3 is 11.9 Å². The Labute approximate surface area is 196 Å². The zero-order chi connectivity index (χ0) is 24.3. The number of nitrogens with zero attached hydrogens (tertiary/aromatic N) is 3. The molecule has 0 spiro atoms. The van der Waals surface area contributed by atoms with Crippen molar-refractivity contribution in [3.8, 4) is 0 Å². The van der Waals surface area contributed by atoms with Gasteiger partial charge in [-0.25, -0.2) is 9.78 Å². The number of hydrogen-bond acceptors (Lipinski definition) is 12. The van der Waals surface area contributed by atoms with Crippen LogP contribution in [0, 0.1) is 0 Å². The molecular formula is C19H21N5O7S2. The molecule has 176 valence electrons. The topological polar surface area (TPSA) is 174 Å². The Morgan fingerprint density at radius 1 is 1.42 bits per heavy atom. The van der Waals surface area contributed by atoms with E-state index in [0.717, 1.165) is 11.3 Å². The van der Waals surface area contributed by atoms with Gasteiger partial charge in [-0.15, -0.1) is 23.1 Å². The van der Waals surface area contributed by atoms with E-state index >= 15 is 0 Å². The van der Waals surface area contributed by atoms with Crippen molar-refractivity contribution in [1.29, 1.82) is 0 Å². The van der Waals surface area contributed by atoms with Gasteiger partial charge in [0, 0.05) is 25.0 Å². The van der Waals surface area contributed by atoms with Crippen LogP contribution in [0.3, 0.4) is 0 Å². The predicted octanol–water partition coefficient (Wildman–Crippen LogP) is 0.586. The molecule has 0 aliphatic carbocycles. The lowest BCUT2D eigenvalue weighted by molar-refractivity contribution is -0.182. The van der Waals surface area contributed by atoms with E-state index in [1.807, 2.05) is 0 Å². The van der Waals surface area contributed by atoms with Crippen LogP contribution in [0.15, 0.2) is 34.0 Å². The van der Waals surface area contributed by atoms with Crippen LogP contribution in [0.5, 0.6) is 0 Å². The average Bonchev–Trinajstić information content (AvgIpc) is 3.17. The van der Waals surface area contributed by atoms with Crippen molar-refractivity contribution in [1.82, 2.24) is 15.2 Å². The Morgan fingerprint density at radius 2 is 2.15 bits per heavy atom. The van der Waals surface area contributed by atoms with Crippen LogP contribution < -0.4 is 11.1 Å². The second kappa shape index (κ2) is 10.0. The number of aromatic nitrogens is 1. The first-order valence-electron chi connectivity index (χ1n) is 9.60. The molecule has 1 fully saturated rings. The van der Waals surface area contributed by atoms with Gasteiger partial charge in [-0.1, -0.05) is 17.3 Å². The highest BCUT2D eigenvalue weighted by Gasteiger charge is 2.54. The van der Waals surface area contributed by atoms with E-state index in [2.05, 4.69) is 15.5 Å². The quantitative estimate of drug-likeness (QED) is 0.121. The van der Waals surface area contributed by atoms with Gasteiger partial charge in [0.15, 0.2) is 10.8 Å². The van der Waals surface area contributed by atoms with Crippen LogP contribution >= 0.6 is 23.1 Å². The number of nitrogens with two attached hydrogens (primary N) is 1. The van der Waals surface area contributed by atoms with E-state index in [1.165, 1.54) is 35.9 Å². The monoisotopic (exact) mass is 495 g/mol. The molecule has 12 nitrogen and oxygen atoms in total. The summed E-state index contributed by atoms with van der Waals surface area (Å²) in [7, 11) is 0. The molecule has 33 heavy (non-hydrogen) atoms. The largest absolute Gasteiger partial charge is 0.426 e. The number of β-lactam (4-membered cyclic amide) rings is 1. The third-order valence-electron chi connectivity index (χ3n) is 4.53. The zero-order valence-electron chi connectivity index (χ0n) is 17.8. The number of nitrogen functional groups attached to an aromatic ring is 1. The number of amides is 2. The number of anilines is 1. The van der Waals surface area contributed by atoms with E-state index in [4.69, 9.17) is 15.2 Å². The molecule has 2 aliphatic heterocycles. The highest BCUT2D eigenvalue weighted by Crippen LogP contribution is 2.41. The standard InChI is InChI=1S/C19H21N5O7S2/c1-4-5-10-6-32-17-13(22-15(26)12(23-29)11-7-33-19(20)21-11)16(27)24(17)14(10)18(28)31-9(3)30-8(2)25/h4-5,7,9,13,17,29H,6H2,1-3H3,(H2,20,21)(H,22,26)/b5-4+,23-12-/t9?,13-,17+/m1/s1. The minimum atomic E-state index is -1.15. The number of rotatable bonds is 7. The molecule has 0 bridgehead atoms. The maximum atomic E-state index is 12.9. The van der Waals surface area contributed by atoms with Gasteiger partial charge in [-0.05, 0) is 12.5 Å². The van der Waals surface area contributed by atoms with E-state index in [-0.39, 0.29) is 16.5 Å². The molecular weight excluding hydrogens is 474 g/mol. The molecule has 0 radical (unpaired) electrons. The first kappa shape index (κ1) is 24.3. The Hall–Kier alpha value is -3.39. The Balaban J connectivity index is 1.78. The smallest absolute Gasteiger partial charge is 0.358 e. The summed E-state index contributed by atoms with van der Waals surface area (Å²) < 4.78 is 10.0. The minimum Gasteiger partial charge on any atom is -0.426 e. The molecule has 3 atom stereocenters. The molecule has 4 N–H and O–H groups in total. The lowest BCUT2D eigenvalue weighted by Gasteiger charge is -2.49. The first-order valence-corrected chi connectivity index (χ1v) is 11.5. The third-order valence-corrected chi connectivity index (χ3v) is 6.51. The number of carbonyl (C=O) groups excluding carboxylic acids is 4. The highest BCUT2D eigenvalue weighted by atomic mass is 32.2. The van der Waals surface area contributed by atoms with Crippen molar-refractivity contribution in [3.63, 3.8) is 0 Å². The number of hydrogen-bond donors (Lipinski definition) is 3. The van der Waals surface area contributed by atoms with Gasteiger partial charge < -0.3 is 25.7 Å². The Bertz CT molecular complexity index is 1080. The van der Waals surface area contributed by atoms with Gasteiger partial charge in [-0.3, -0.25) is 19.3 Å². The summed E-state index contributed by atoms with van der Waals surface area (Å²) >= 11 is 2.40. The van der Waals surface area contributed by atoms with Crippen molar-refractivity contribution in [3.05, 3.63) is 34.5 Å². The maximum Gasteiger partial charge on any atom is 0.358 e. The van der Waals surface area contributed by atoms with E-state index in [9.17, 15) is 24.4 Å². The number of allylic oxidation sites excluding steroid dienone is 2. The fourth-order valence-corrected chi connectivity index (χ4v) is 5.11. The van der Waals surface area contributed by atoms with Crippen LogP contribution in [0.1, 0.15) is 26.5 Å². The lowest BCUT2D eigenvalue weighted by atomic mass is 10.0. The molecule has 3 heterocycles. The predicted molar refractivity (Wildman–Crippen MR) is 119 cm³/mol. The van der Waals surface area contributed by atoms with E-state index < -0.39 is 47.2 Å². The Kier molecular flexibility index (Phi) is 7.38. The summed E-state index contributed by atoms with van der Waals surface area (Å²) in [5, 5.41) is 15.8. The number of fused-ring (bicyclic) bond motifs is 1. The number of nitrogens with one attached hydrogen (secondary N) is 1. The highest BCUT2D eigenvalue weighted by molar-refractivity contribution is 8.00. The van der Waals surface area contributed by atoms with E-state index in [1.54, 1.807) is 19.1 Å². The summed E-state index contributed by atoms with van der Waals surface area (Å²) in [5.41, 5.74) is 5.78. The van der Waals surface area contributed by atoms with Gasteiger partial charge in [-0.2, -0.15) is 0 Å². The number of carbonyl (C=O) groups is 4. The van der Waals surface area contributed by atoms with Gasteiger partial charge in [0.25, 0.3) is 11.8 Å². The molecule has 1 unspecified atom stereocenters. The van der Waals surface area contributed by atoms with Crippen molar-refractivity contribution in [2.45, 2.75) is 38.5 Å². The molecule has 2 aliphatic rings. The van der Waals surface area contributed by atoms with Gasteiger partial charge in [0.2, 0.25) is 6.29 Å². The molecule has 2 amide bonds. The lowest BCUT2D eigenvalue weighted by Crippen LogP contribution is -2.71. The second-order valence-electron chi connectivity index (χ2n) is 6.84. The zero-order valence-corrected chi connectivity index (χ0v) is 19.4. The number of ether oxygens (including phenoxy) is 2. The van der Waals surface area contributed by atoms with Crippen molar-refractivity contribution < 1.29 is 33.9 Å². The second-order valence-corrected chi connectivity index (χ2v) is 8.83. The summed E-state index contributed by atoms with van der Waals surface area (Å²) in [4.78, 5) is 54.6. The summed E-state index contributed by atoms with van der Waals surface area (Å²) in [5.74, 6) is -2.47. The summed E-state index contributed by atoms with van der Waals surface area (Å²) in [6.45, 7) is 4.32. The Morgan fingerprint density at radius 3 is 2.73 bits per heavy atom. The van der Waals surface area contributed by atoms with E-state index in [0.29, 0.717) is 11.3 Å². The van der Waals surface area contributed by atoms with Crippen LogP contribution in [-0.4, -0.2) is 68.0 Å². The number of thiazole rings is 1. The van der Waals surface area contributed by atoms with Gasteiger partial charge in [0.1, 0.15) is 22.8 Å². The number of oxime groups is 1. The molecule has 1 aromatic heterocycles. The van der Waals surface area contributed by atoms with Crippen LogP contribution in [0.2, 0.25) is 0 Å². The molecule has 3 rings (SSSR count). The molecule has 14 heteroatoms. The van der Waals surface area contributed by atoms with Gasteiger partial charge in [0.05, 0.1) is 0 Å². The third kappa shape index (κ3) is 5.01. The number of esters is 2. The molecule has 0 aromatic carbocycles. The van der Waals surface area contributed by atoms with Crippen molar-refractivity contribution in [2.75, 3.05) is 11.5 Å². The SMILES string of the molecule is C/C=C/C1=C(C(=O)OC(C)OC(C)=O)N2C(=O)[C@@H](NC(=O)/C(=N\O)c3csc(N)n3)[C@@H]2SC1. The molecule has 1 aromatic rings. The summed E-state index contributed by atoms with van der Waals surface area (Å²) in [6, 6.07) is -0.976. The number of thioether (sulfide) groups is 1. The average molecular weight is 496 g/mol. The van der Waals surface area contributed by atoms with Crippen LogP contribution in [0.4, 0.5) is 5.13 Å². The fraction of sp³-hybridized carbons (Fsp3) is 0.368. The summed E-state index contributed by atoms with van der Waals surface area (Å²) in [6.07, 6.45) is 2.24. The first-order chi connectivity index (χ1) is 15.7.